The SMILES string of the molecule is Clc1ccc(Sc2ncccc2/C=N/OCc2ccc(Cl)cc2Cl)cc1. The largest absolute Gasteiger partial charge is 0.391 e. The summed E-state index contributed by atoms with van der Waals surface area (Å²) in [5, 5.41) is 6.69. The third-order valence-corrected chi connectivity index (χ3v) is 5.21. The van der Waals surface area contributed by atoms with Crippen molar-refractivity contribution in [2.75, 3.05) is 0 Å². The van der Waals surface area contributed by atoms with Crippen LogP contribution in [0.1, 0.15) is 11.1 Å². The molecule has 132 valence electrons. The van der Waals surface area contributed by atoms with Crippen LogP contribution >= 0.6 is 46.6 Å². The molecule has 0 radical (unpaired) electrons. The van der Waals surface area contributed by atoms with E-state index in [9.17, 15) is 0 Å². The number of halogens is 3. The Morgan fingerprint density at radius 1 is 1.00 bits per heavy atom. The van der Waals surface area contributed by atoms with E-state index in [1.54, 1.807) is 24.5 Å². The van der Waals surface area contributed by atoms with E-state index >= 15 is 0 Å². The second-order valence-corrected chi connectivity index (χ2v) is 7.54. The summed E-state index contributed by atoms with van der Waals surface area (Å²) in [6.45, 7) is 0.256. The standard InChI is InChI=1S/C19H13Cl3N2OS/c20-15-5-7-17(8-6-15)26-19-13(2-1-9-23-19)11-24-25-12-14-3-4-16(21)10-18(14)22/h1-11H,12H2/b24-11+. The molecule has 3 nitrogen and oxygen atoms in total. The van der Waals surface area contributed by atoms with Gasteiger partial charge in [-0.15, -0.1) is 0 Å². The summed E-state index contributed by atoms with van der Waals surface area (Å²) >= 11 is 19.4. The highest BCUT2D eigenvalue weighted by Gasteiger charge is 2.05. The first-order valence-corrected chi connectivity index (χ1v) is 9.54. The fourth-order valence-electron chi connectivity index (χ4n) is 2.04. The zero-order chi connectivity index (χ0) is 18.4. The molecule has 0 aliphatic heterocycles. The predicted molar refractivity (Wildman–Crippen MR) is 109 cm³/mol. The van der Waals surface area contributed by atoms with E-state index in [-0.39, 0.29) is 6.61 Å². The van der Waals surface area contributed by atoms with Crippen LogP contribution in [0, 0.1) is 0 Å². The highest BCUT2D eigenvalue weighted by Crippen LogP contribution is 2.29. The number of pyridine rings is 1. The molecule has 1 heterocycles. The summed E-state index contributed by atoms with van der Waals surface area (Å²) in [7, 11) is 0. The number of benzene rings is 2. The fraction of sp³-hybridized carbons (Fsp3) is 0.0526. The van der Waals surface area contributed by atoms with Crippen molar-refractivity contribution in [1.82, 2.24) is 4.98 Å². The van der Waals surface area contributed by atoms with Crippen LogP contribution in [0.4, 0.5) is 0 Å². The van der Waals surface area contributed by atoms with E-state index in [1.165, 1.54) is 11.8 Å². The number of aromatic nitrogens is 1. The Balaban J connectivity index is 1.65. The minimum atomic E-state index is 0.256. The Morgan fingerprint density at radius 3 is 2.54 bits per heavy atom. The van der Waals surface area contributed by atoms with Crippen molar-refractivity contribution in [1.29, 1.82) is 0 Å². The van der Waals surface area contributed by atoms with Crippen LogP contribution in [0.3, 0.4) is 0 Å². The number of nitrogens with zero attached hydrogens (tertiary/aromatic N) is 2. The molecule has 0 spiro atoms. The molecule has 2 aromatic carbocycles. The van der Waals surface area contributed by atoms with Gasteiger partial charge in [-0.3, -0.25) is 0 Å². The van der Waals surface area contributed by atoms with Gasteiger partial charge in [-0.25, -0.2) is 4.98 Å². The smallest absolute Gasteiger partial charge is 0.143 e. The van der Waals surface area contributed by atoms with Gasteiger partial charge >= 0.3 is 0 Å². The van der Waals surface area contributed by atoms with Crippen LogP contribution in [0.25, 0.3) is 0 Å². The van der Waals surface area contributed by atoms with Crippen LogP contribution in [0.15, 0.2) is 75.9 Å². The molecule has 0 aliphatic rings. The molecule has 0 N–H and O–H groups in total. The first-order valence-electron chi connectivity index (χ1n) is 7.59. The van der Waals surface area contributed by atoms with Crippen molar-refractivity contribution < 1.29 is 4.84 Å². The van der Waals surface area contributed by atoms with E-state index < -0.39 is 0 Å². The maximum atomic E-state index is 6.11. The highest BCUT2D eigenvalue weighted by atomic mass is 35.5. The molecule has 0 unspecified atom stereocenters. The molecule has 0 bridgehead atoms. The van der Waals surface area contributed by atoms with Gasteiger partial charge < -0.3 is 4.84 Å². The minimum absolute atomic E-state index is 0.256. The molecule has 0 atom stereocenters. The molecule has 3 rings (SSSR count). The lowest BCUT2D eigenvalue weighted by Gasteiger charge is -2.05. The van der Waals surface area contributed by atoms with Crippen molar-refractivity contribution in [3.63, 3.8) is 0 Å². The number of hydrogen-bond acceptors (Lipinski definition) is 4. The third-order valence-electron chi connectivity index (χ3n) is 3.33. The zero-order valence-electron chi connectivity index (χ0n) is 13.4. The summed E-state index contributed by atoms with van der Waals surface area (Å²) < 4.78 is 0. The van der Waals surface area contributed by atoms with E-state index in [2.05, 4.69) is 10.1 Å². The van der Waals surface area contributed by atoms with Crippen LogP contribution in [-0.4, -0.2) is 11.2 Å². The van der Waals surface area contributed by atoms with E-state index in [0.29, 0.717) is 15.1 Å². The quantitative estimate of drug-likeness (QED) is 0.325. The van der Waals surface area contributed by atoms with E-state index in [0.717, 1.165) is 21.0 Å². The van der Waals surface area contributed by atoms with Gasteiger partial charge in [-0.1, -0.05) is 57.8 Å². The van der Waals surface area contributed by atoms with Gasteiger partial charge in [0.15, 0.2) is 0 Å². The van der Waals surface area contributed by atoms with Crippen molar-refractivity contribution in [3.05, 3.63) is 87.0 Å². The van der Waals surface area contributed by atoms with Crippen LogP contribution in [0.5, 0.6) is 0 Å². The van der Waals surface area contributed by atoms with Gasteiger partial charge in [0.25, 0.3) is 0 Å². The molecule has 0 amide bonds. The Labute approximate surface area is 170 Å². The molecular weight excluding hydrogens is 411 g/mol. The van der Waals surface area contributed by atoms with Crippen molar-refractivity contribution in [2.45, 2.75) is 16.5 Å². The summed E-state index contributed by atoms with van der Waals surface area (Å²) in [5.74, 6) is 0. The number of oxime groups is 1. The highest BCUT2D eigenvalue weighted by molar-refractivity contribution is 7.99. The second kappa shape index (κ2) is 9.28. The average Bonchev–Trinajstić information content (AvgIpc) is 2.63. The molecule has 0 aliphatic carbocycles. The molecule has 0 fully saturated rings. The predicted octanol–water partition coefficient (Wildman–Crippen LogP) is 6.74. The number of rotatable bonds is 6. The van der Waals surface area contributed by atoms with Gasteiger partial charge in [0.2, 0.25) is 0 Å². The minimum Gasteiger partial charge on any atom is -0.391 e. The lowest BCUT2D eigenvalue weighted by Crippen LogP contribution is -1.92. The first-order chi connectivity index (χ1) is 12.6. The van der Waals surface area contributed by atoms with Crippen molar-refractivity contribution >= 4 is 52.8 Å². The Bertz CT molecular complexity index is 917. The Kier molecular flexibility index (Phi) is 6.80. The van der Waals surface area contributed by atoms with Gasteiger partial charge in [-0.2, -0.15) is 0 Å². The van der Waals surface area contributed by atoms with Crippen LogP contribution in [0.2, 0.25) is 15.1 Å². The summed E-state index contributed by atoms with van der Waals surface area (Å²) in [5.41, 5.74) is 1.67. The number of hydrogen-bond donors (Lipinski definition) is 0. The van der Waals surface area contributed by atoms with Gasteiger partial charge in [-0.05, 0) is 48.5 Å². The average molecular weight is 424 g/mol. The van der Waals surface area contributed by atoms with Gasteiger partial charge in [0.1, 0.15) is 11.6 Å². The molecule has 0 saturated carbocycles. The van der Waals surface area contributed by atoms with E-state index in [1.807, 2.05) is 42.5 Å². The Hall–Kier alpha value is -1.72. The summed E-state index contributed by atoms with van der Waals surface area (Å²) in [6.07, 6.45) is 3.37. The van der Waals surface area contributed by atoms with Crippen LogP contribution in [-0.2, 0) is 11.4 Å². The molecule has 26 heavy (non-hydrogen) atoms. The van der Waals surface area contributed by atoms with Gasteiger partial charge in [0.05, 0.1) is 6.21 Å². The monoisotopic (exact) mass is 422 g/mol. The van der Waals surface area contributed by atoms with Gasteiger partial charge in [0, 0.05) is 37.3 Å². The van der Waals surface area contributed by atoms with Crippen molar-refractivity contribution in [2.24, 2.45) is 5.16 Å². The molecule has 1 aromatic heterocycles. The van der Waals surface area contributed by atoms with Crippen LogP contribution < -0.4 is 0 Å². The maximum Gasteiger partial charge on any atom is 0.143 e. The maximum absolute atomic E-state index is 6.11. The lowest BCUT2D eigenvalue weighted by molar-refractivity contribution is 0.132. The molecule has 7 heteroatoms. The topological polar surface area (TPSA) is 34.5 Å². The normalized spacial score (nSPS) is 11.0. The Morgan fingerprint density at radius 2 is 1.77 bits per heavy atom. The third kappa shape index (κ3) is 5.39. The molecule has 3 aromatic rings. The zero-order valence-corrected chi connectivity index (χ0v) is 16.5. The molecular formula is C19H13Cl3N2OS. The fourth-order valence-corrected chi connectivity index (χ4v) is 3.48. The lowest BCUT2D eigenvalue weighted by atomic mass is 10.2. The van der Waals surface area contributed by atoms with Crippen molar-refractivity contribution in [3.8, 4) is 0 Å². The first kappa shape index (κ1) is 19.1. The summed E-state index contributed by atoms with van der Waals surface area (Å²) in [6, 6.07) is 16.6. The molecule has 0 saturated heterocycles. The van der Waals surface area contributed by atoms with E-state index in [4.69, 9.17) is 39.6 Å². The second-order valence-electron chi connectivity index (χ2n) is 5.20. The summed E-state index contributed by atoms with van der Waals surface area (Å²) in [4.78, 5) is 10.8.